The van der Waals surface area contributed by atoms with Crippen LogP contribution in [0, 0.1) is 0 Å². The summed E-state index contributed by atoms with van der Waals surface area (Å²) in [5.41, 5.74) is 6.76. The van der Waals surface area contributed by atoms with Gasteiger partial charge in [-0.2, -0.15) is 0 Å². The summed E-state index contributed by atoms with van der Waals surface area (Å²) < 4.78 is 15.9. The number of amides is 2. The van der Waals surface area contributed by atoms with Crippen molar-refractivity contribution < 1.29 is 23.5 Å². The molecule has 9 heteroatoms. The Morgan fingerprint density at radius 1 is 1.10 bits per heavy atom. The van der Waals surface area contributed by atoms with Crippen molar-refractivity contribution in [3.63, 3.8) is 0 Å². The number of nitrogens with one attached hydrogen (secondary N) is 2. The molecule has 2 N–H and O–H groups in total. The number of ether oxygens (including phenoxy) is 2. The second-order valence-corrected chi connectivity index (χ2v) is 6.68. The molecule has 2 amide bonds. The van der Waals surface area contributed by atoms with Gasteiger partial charge in [0.2, 0.25) is 5.91 Å². The van der Waals surface area contributed by atoms with Gasteiger partial charge >= 0.3 is 0 Å². The van der Waals surface area contributed by atoms with Crippen molar-refractivity contribution in [1.82, 2.24) is 15.8 Å². The van der Waals surface area contributed by atoms with Crippen molar-refractivity contribution in [2.75, 3.05) is 20.0 Å². The quantitative estimate of drug-likeness (QED) is 0.349. The molecule has 1 aromatic heterocycles. The molecule has 0 aliphatic carbocycles. The van der Waals surface area contributed by atoms with E-state index in [1.165, 1.54) is 6.08 Å². The number of hydrogen-bond acceptors (Lipinski definition) is 7. The number of para-hydroxylation sites is 2. The lowest BCUT2D eigenvalue weighted by Crippen LogP contribution is -2.41. The molecule has 0 unspecified atom stereocenters. The standard InChI is InChI=1S/C20H19N3O5S/c1-26-14-9-13(10-15(11-14)27-2)7-8-18(24)22-23-19(25)12-29-20-21-16-5-3-4-6-17(16)28-20/h3-11H,12H2,1-2H3,(H,22,24)(H,23,25)/b8-7+. The van der Waals surface area contributed by atoms with Gasteiger partial charge in [-0.1, -0.05) is 23.9 Å². The predicted molar refractivity (Wildman–Crippen MR) is 110 cm³/mol. The summed E-state index contributed by atoms with van der Waals surface area (Å²) >= 11 is 1.14. The molecule has 0 radical (unpaired) electrons. The average molecular weight is 413 g/mol. The largest absolute Gasteiger partial charge is 0.497 e. The van der Waals surface area contributed by atoms with Crippen LogP contribution in [0.5, 0.6) is 11.5 Å². The number of hydrazine groups is 1. The number of carbonyl (C=O) groups is 2. The van der Waals surface area contributed by atoms with Crippen LogP contribution in [-0.2, 0) is 9.59 Å². The van der Waals surface area contributed by atoms with E-state index in [2.05, 4.69) is 15.8 Å². The van der Waals surface area contributed by atoms with Crippen molar-refractivity contribution in [3.05, 3.63) is 54.1 Å². The van der Waals surface area contributed by atoms with E-state index in [0.717, 1.165) is 17.3 Å². The molecular weight excluding hydrogens is 394 g/mol. The fraction of sp³-hybridized carbons (Fsp3) is 0.150. The molecule has 0 atom stereocenters. The fourth-order valence-electron chi connectivity index (χ4n) is 2.35. The second-order valence-electron chi connectivity index (χ2n) is 5.75. The number of aromatic nitrogens is 1. The summed E-state index contributed by atoms with van der Waals surface area (Å²) in [5, 5.41) is 0.388. The SMILES string of the molecule is COc1cc(/C=C/C(=O)NNC(=O)CSc2nc3ccccc3o2)cc(OC)c1. The lowest BCUT2D eigenvalue weighted by molar-refractivity contribution is -0.125. The Kier molecular flexibility index (Phi) is 6.75. The number of benzene rings is 2. The molecule has 0 aliphatic heterocycles. The first-order valence-electron chi connectivity index (χ1n) is 8.55. The highest BCUT2D eigenvalue weighted by Crippen LogP contribution is 2.24. The summed E-state index contributed by atoms with van der Waals surface area (Å²) in [6.07, 6.45) is 2.88. The highest BCUT2D eigenvalue weighted by molar-refractivity contribution is 7.99. The number of thioether (sulfide) groups is 1. The van der Waals surface area contributed by atoms with Gasteiger partial charge in [0.15, 0.2) is 5.58 Å². The monoisotopic (exact) mass is 413 g/mol. The van der Waals surface area contributed by atoms with Crippen LogP contribution in [-0.4, -0.2) is 36.8 Å². The highest BCUT2D eigenvalue weighted by Gasteiger charge is 2.09. The third-order valence-electron chi connectivity index (χ3n) is 3.73. The third-order valence-corrected chi connectivity index (χ3v) is 4.56. The zero-order valence-corrected chi connectivity index (χ0v) is 16.6. The number of fused-ring (bicyclic) bond motifs is 1. The van der Waals surface area contributed by atoms with Gasteiger partial charge in [0.25, 0.3) is 11.1 Å². The Balaban J connectivity index is 1.47. The van der Waals surface area contributed by atoms with E-state index in [0.29, 0.717) is 27.9 Å². The van der Waals surface area contributed by atoms with Gasteiger partial charge < -0.3 is 13.9 Å². The minimum absolute atomic E-state index is 0.0455. The number of rotatable bonds is 7. The van der Waals surface area contributed by atoms with Crippen LogP contribution in [0.4, 0.5) is 0 Å². The van der Waals surface area contributed by atoms with Gasteiger partial charge in [-0.05, 0) is 35.9 Å². The molecule has 0 saturated heterocycles. The first kappa shape index (κ1) is 20.3. The number of hydrogen-bond donors (Lipinski definition) is 2. The minimum Gasteiger partial charge on any atom is -0.497 e. The smallest absolute Gasteiger partial charge is 0.262 e. The van der Waals surface area contributed by atoms with Crippen LogP contribution < -0.4 is 20.3 Å². The zero-order valence-electron chi connectivity index (χ0n) is 15.8. The van der Waals surface area contributed by atoms with E-state index in [9.17, 15) is 9.59 Å². The van der Waals surface area contributed by atoms with Crippen molar-refractivity contribution in [2.24, 2.45) is 0 Å². The molecule has 0 aliphatic rings. The van der Waals surface area contributed by atoms with E-state index in [1.807, 2.05) is 18.2 Å². The van der Waals surface area contributed by atoms with Crippen molar-refractivity contribution >= 4 is 40.8 Å². The summed E-state index contributed by atoms with van der Waals surface area (Å²) in [5.74, 6) is 0.390. The van der Waals surface area contributed by atoms with Gasteiger partial charge in [0.05, 0.1) is 20.0 Å². The van der Waals surface area contributed by atoms with Crippen LogP contribution >= 0.6 is 11.8 Å². The maximum atomic E-state index is 11.9. The summed E-state index contributed by atoms with van der Waals surface area (Å²) in [6.45, 7) is 0. The van der Waals surface area contributed by atoms with E-state index >= 15 is 0 Å². The van der Waals surface area contributed by atoms with Gasteiger partial charge in [-0.25, -0.2) is 4.98 Å². The molecule has 150 valence electrons. The van der Waals surface area contributed by atoms with E-state index < -0.39 is 5.91 Å². The van der Waals surface area contributed by atoms with Crippen LogP contribution in [0.1, 0.15) is 5.56 Å². The van der Waals surface area contributed by atoms with Crippen LogP contribution in [0.2, 0.25) is 0 Å². The molecule has 1 heterocycles. The Bertz CT molecular complexity index is 992. The van der Waals surface area contributed by atoms with Gasteiger partial charge in [-0.3, -0.25) is 20.4 Å². The molecule has 2 aromatic carbocycles. The zero-order chi connectivity index (χ0) is 20.6. The van der Waals surface area contributed by atoms with E-state index in [4.69, 9.17) is 13.9 Å². The summed E-state index contributed by atoms with van der Waals surface area (Å²) in [7, 11) is 3.09. The molecule has 0 spiro atoms. The Hall–Kier alpha value is -3.46. The van der Waals surface area contributed by atoms with Crippen LogP contribution in [0.3, 0.4) is 0 Å². The third kappa shape index (κ3) is 5.76. The van der Waals surface area contributed by atoms with Crippen LogP contribution in [0.25, 0.3) is 17.2 Å². The van der Waals surface area contributed by atoms with Crippen LogP contribution in [0.15, 0.2) is 58.2 Å². The number of carbonyl (C=O) groups excluding carboxylic acids is 2. The van der Waals surface area contributed by atoms with Gasteiger partial charge in [-0.15, -0.1) is 0 Å². The van der Waals surface area contributed by atoms with Crippen molar-refractivity contribution in [1.29, 1.82) is 0 Å². The first-order valence-corrected chi connectivity index (χ1v) is 9.54. The molecule has 0 bridgehead atoms. The summed E-state index contributed by atoms with van der Waals surface area (Å²) in [6, 6.07) is 12.6. The normalized spacial score (nSPS) is 10.8. The maximum absolute atomic E-state index is 11.9. The fourth-order valence-corrected chi connectivity index (χ4v) is 2.99. The molecule has 29 heavy (non-hydrogen) atoms. The first-order chi connectivity index (χ1) is 14.1. The molecule has 3 rings (SSSR count). The number of oxazole rings is 1. The van der Waals surface area contributed by atoms with E-state index in [1.54, 1.807) is 44.6 Å². The predicted octanol–water partition coefficient (Wildman–Crippen LogP) is 2.80. The van der Waals surface area contributed by atoms with Crippen molar-refractivity contribution in [3.8, 4) is 11.5 Å². The molecule has 8 nitrogen and oxygen atoms in total. The van der Waals surface area contributed by atoms with E-state index in [-0.39, 0.29) is 11.7 Å². The molecule has 0 saturated carbocycles. The highest BCUT2D eigenvalue weighted by atomic mass is 32.2. The number of methoxy groups -OCH3 is 2. The lowest BCUT2D eigenvalue weighted by atomic mass is 10.2. The topological polar surface area (TPSA) is 103 Å². The van der Waals surface area contributed by atoms with Gasteiger partial charge in [0, 0.05) is 12.1 Å². The molecule has 0 fully saturated rings. The minimum atomic E-state index is -0.480. The molecular formula is C20H19N3O5S. The lowest BCUT2D eigenvalue weighted by Gasteiger charge is -2.06. The maximum Gasteiger partial charge on any atom is 0.262 e. The Labute approximate surface area is 171 Å². The van der Waals surface area contributed by atoms with Crippen molar-refractivity contribution in [2.45, 2.75) is 5.22 Å². The van der Waals surface area contributed by atoms with Gasteiger partial charge in [0.1, 0.15) is 17.0 Å². The Morgan fingerprint density at radius 3 is 2.52 bits per heavy atom. The Morgan fingerprint density at radius 2 is 1.83 bits per heavy atom. The molecule has 3 aromatic rings. The average Bonchev–Trinajstić information content (AvgIpc) is 3.17. The second kappa shape index (κ2) is 9.65. The summed E-state index contributed by atoms with van der Waals surface area (Å²) in [4.78, 5) is 28.1. The number of nitrogens with zero attached hydrogens (tertiary/aromatic N) is 1.